The number of ketones is 1. The van der Waals surface area contributed by atoms with E-state index in [4.69, 9.17) is 11.6 Å². The van der Waals surface area contributed by atoms with Crippen molar-refractivity contribution in [1.29, 1.82) is 0 Å². The summed E-state index contributed by atoms with van der Waals surface area (Å²) >= 11 is 5.99. The highest BCUT2D eigenvalue weighted by molar-refractivity contribution is 6.31. The first kappa shape index (κ1) is 13.9. The van der Waals surface area contributed by atoms with E-state index in [1.807, 2.05) is 24.4 Å². The van der Waals surface area contributed by atoms with Gasteiger partial charge in [-0.1, -0.05) is 48.9 Å². The van der Waals surface area contributed by atoms with Gasteiger partial charge >= 0.3 is 0 Å². The average Bonchev–Trinajstić information content (AvgIpc) is 2.86. The number of halogens is 1. The first-order chi connectivity index (χ1) is 10.2. The van der Waals surface area contributed by atoms with Crippen molar-refractivity contribution in [1.82, 2.24) is 4.57 Å². The van der Waals surface area contributed by atoms with E-state index in [0.717, 1.165) is 29.4 Å². The summed E-state index contributed by atoms with van der Waals surface area (Å²) < 4.78 is 2.15. The number of hydrogen-bond donors (Lipinski definition) is 0. The molecular formula is C18H16ClNO. The van der Waals surface area contributed by atoms with Crippen molar-refractivity contribution in [2.24, 2.45) is 0 Å². The Morgan fingerprint density at radius 3 is 2.71 bits per heavy atom. The highest BCUT2D eigenvalue weighted by Gasteiger charge is 2.16. The van der Waals surface area contributed by atoms with Crippen LogP contribution in [0.5, 0.6) is 0 Å². The molecule has 1 aromatic heterocycles. The molecule has 0 bridgehead atoms. The molecule has 1 heterocycles. The standard InChI is InChI=1S/C18H16ClNO/c1-2-10-20-12-16(15-8-3-4-9-17(15)20)18(21)13-6-5-7-14(19)11-13/h3-9,11-12H,2,10H2,1H3. The number of aromatic nitrogens is 1. The van der Waals surface area contributed by atoms with Crippen LogP contribution in [0.25, 0.3) is 10.9 Å². The van der Waals surface area contributed by atoms with Gasteiger partial charge in [-0.15, -0.1) is 0 Å². The number of carbonyl (C=O) groups is 1. The highest BCUT2D eigenvalue weighted by atomic mass is 35.5. The van der Waals surface area contributed by atoms with E-state index in [1.54, 1.807) is 24.3 Å². The summed E-state index contributed by atoms with van der Waals surface area (Å²) in [5.41, 5.74) is 2.47. The molecule has 21 heavy (non-hydrogen) atoms. The van der Waals surface area contributed by atoms with Crippen LogP contribution in [0.1, 0.15) is 29.3 Å². The maximum Gasteiger partial charge on any atom is 0.195 e. The molecule has 0 spiro atoms. The van der Waals surface area contributed by atoms with Crippen molar-refractivity contribution in [3.05, 3.63) is 70.9 Å². The van der Waals surface area contributed by atoms with Gasteiger partial charge in [-0.25, -0.2) is 0 Å². The summed E-state index contributed by atoms with van der Waals surface area (Å²) in [7, 11) is 0. The lowest BCUT2D eigenvalue weighted by Gasteiger charge is -2.01. The summed E-state index contributed by atoms with van der Waals surface area (Å²) in [6, 6.07) is 15.1. The van der Waals surface area contributed by atoms with Crippen LogP contribution in [-0.2, 0) is 6.54 Å². The maximum absolute atomic E-state index is 12.8. The SMILES string of the molecule is CCCn1cc(C(=O)c2cccc(Cl)c2)c2ccccc21. The van der Waals surface area contributed by atoms with E-state index in [9.17, 15) is 4.79 Å². The number of fused-ring (bicyclic) bond motifs is 1. The zero-order valence-electron chi connectivity index (χ0n) is 11.8. The minimum absolute atomic E-state index is 0.0172. The van der Waals surface area contributed by atoms with Crippen molar-refractivity contribution < 1.29 is 4.79 Å². The van der Waals surface area contributed by atoms with Crippen LogP contribution in [0.3, 0.4) is 0 Å². The third-order valence-corrected chi connectivity index (χ3v) is 3.82. The van der Waals surface area contributed by atoms with Gasteiger partial charge in [0.25, 0.3) is 0 Å². The van der Waals surface area contributed by atoms with Crippen molar-refractivity contribution in [2.45, 2.75) is 19.9 Å². The molecule has 0 aliphatic rings. The summed E-state index contributed by atoms with van der Waals surface area (Å²) in [6.07, 6.45) is 2.99. The summed E-state index contributed by atoms with van der Waals surface area (Å²) in [4.78, 5) is 12.8. The fraction of sp³-hybridized carbons (Fsp3) is 0.167. The van der Waals surface area contributed by atoms with E-state index < -0.39 is 0 Å². The van der Waals surface area contributed by atoms with E-state index >= 15 is 0 Å². The molecule has 0 fully saturated rings. The number of rotatable bonds is 4. The minimum Gasteiger partial charge on any atom is -0.347 e. The third kappa shape index (κ3) is 2.59. The molecule has 0 aliphatic heterocycles. The van der Waals surface area contributed by atoms with Gasteiger partial charge in [0.1, 0.15) is 0 Å². The number of benzene rings is 2. The monoisotopic (exact) mass is 297 g/mol. The Kier molecular flexibility index (Phi) is 3.80. The van der Waals surface area contributed by atoms with Gasteiger partial charge in [0.2, 0.25) is 0 Å². The predicted molar refractivity (Wildman–Crippen MR) is 87.1 cm³/mol. The number of aryl methyl sites for hydroxylation is 1. The van der Waals surface area contributed by atoms with Crippen LogP contribution < -0.4 is 0 Å². The fourth-order valence-corrected chi connectivity index (χ4v) is 2.83. The molecule has 0 unspecified atom stereocenters. The van der Waals surface area contributed by atoms with Crippen LogP contribution in [0, 0.1) is 0 Å². The molecule has 0 saturated heterocycles. The molecule has 0 atom stereocenters. The third-order valence-electron chi connectivity index (χ3n) is 3.58. The molecule has 0 saturated carbocycles. The van der Waals surface area contributed by atoms with Gasteiger partial charge in [0, 0.05) is 39.8 Å². The van der Waals surface area contributed by atoms with Crippen LogP contribution in [0.2, 0.25) is 5.02 Å². The first-order valence-electron chi connectivity index (χ1n) is 7.09. The van der Waals surface area contributed by atoms with Gasteiger partial charge < -0.3 is 4.57 Å². The Morgan fingerprint density at radius 2 is 1.95 bits per heavy atom. The Labute approximate surface area is 129 Å². The summed E-state index contributed by atoms with van der Waals surface area (Å²) in [5.74, 6) is 0.0172. The first-order valence-corrected chi connectivity index (χ1v) is 7.46. The topological polar surface area (TPSA) is 22.0 Å². The van der Waals surface area contributed by atoms with Crippen molar-refractivity contribution in [3.63, 3.8) is 0 Å². The molecule has 3 heteroatoms. The Hall–Kier alpha value is -2.06. The second-order valence-corrected chi connectivity index (χ2v) is 5.53. The molecule has 3 rings (SSSR count). The zero-order valence-corrected chi connectivity index (χ0v) is 12.6. The van der Waals surface area contributed by atoms with Crippen LogP contribution in [-0.4, -0.2) is 10.4 Å². The van der Waals surface area contributed by atoms with Crippen molar-refractivity contribution in [2.75, 3.05) is 0 Å². The lowest BCUT2D eigenvalue weighted by molar-refractivity contribution is 0.104. The van der Waals surface area contributed by atoms with E-state index in [0.29, 0.717) is 10.6 Å². The number of nitrogens with zero attached hydrogens (tertiary/aromatic N) is 1. The quantitative estimate of drug-likeness (QED) is 0.625. The predicted octanol–water partition coefficient (Wildman–Crippen LogP) is 4.94. The number of hydrogen-bond acceptors (Lipinski definition) is 1. The minimum atomic E-state index is 0.0172. The molecule has 0 aliphatic carbocycles. The van der Waals surface area contributed by atoms with Gasteiger partial charge in [-0.05, 0) is 24.6 Å². The van der Waals surface area contributed by atoms with Crippen molar-refractivity contribution in [3.8, 4) is 0 Å². The fourth-order valence-electron chi connectivity index (χ4n) is 2.64. The largest absolute Gasteiger partial charge is 0.347 e. The van der Waals surface area contributed by atoms with Gasteiger partial charge in [-0.3, -0.25) is 4.79 Å². The van der Waals surface area contributed by atoms with Crippen LogP contribution >= 0.6 is 11.6 Å². The Balaban J connectivity index is 2.14. The van der Waals surface area contributed by atoms with E-state index in [-0.39, 0.29) is 5.78 Å². The second-order valence-electron chi connectivity index (χ2n) is 5.09. The molecule has 0 radical (unpaired) electrons. The molecule has 0 amide bonds. The van der Waals surface area contributed by atoms with E-state index in [1.165, 1.54) is 0 Å². The molecule has 2 nitrogen and oxygen atoms in total. The smallest absolute Gasteiger partial charge is 0.195 e. The lowest BCUT2D eigenvalue weighted by Crippen LogP contribution is -2.00. The van der Waals surface area contributed by atoms with Gasteiger partial charge in [0.05, 0.1) is 0 Å². The summed E-state index contributed by atoms with van der Waals surface area (Å²) in [5, 5.41) is 1.58. The number of carbonyl (C=O) groups excluding carboxylic acids is 1. The second kappa shape index (κ2) is 5.74. The Morgan fingerprint density at radius 1 is 1.14 bits per heavy atom. The molecule has 106 valence electrons. The normalized spacial score (nSPS) is 11.0. The number of para-hydroxylation sites is 1. The highest BCUT2D eigenvalue weighted by Crippen LogP contribution is 2.25. The van der Waals surface area contributed by atoms with Gasteiger partial charge in [0.15, 0.2) is 5.78 Å². The molecular weight excluding hydrogens is 282 g/mol. The lowest BCUT2D eigenvalue weighted by atomic mass is 10.0. The van der Waals surface area contributed by atoms with Crippen LogP contribution in [0.4, 0.5) is 0 Å². The molecule has 2 aromatic carbocycles. The average molecular weight is 298 g/mol. The summed E-state index contributed by atoms with van der Waals surface area (Å²) in [6.45, 7) is 3.04. The van der Waals surface area contributed by atoms with Gasteiger partial charge in [-0.2, -0.15) is 0 Å². The molecule has 3 aromatic rings. The molecule has 0 N–H and O–H groups in total. The van der Waals surface area contributed by atoms with E-state index in [2.05, 4.69) is 17.6 Å². The van der Waals surface area contributed by atoms with Crippen LogP contribution in [0.15, 0.2) is 54.7 Å². The Bertz CT molecular complexity index is 804. The zero-order chi connectivity index (χ0) is 14.8. The van der Waals surface area contributed by atoms with Crippen molar-refractivity contribution >= 4 is 28.3 Å². The maximum atomic E-state index is 12.8.